The average molecular weight is 344 g/mol. The fourth-order valence-corrected chi connectivity index (χ4v) is 2.20. The molecule has 0 saturated carbocycles. The summed E-state index contributed by atoms with van der Waals surface area (Å²) < 4.78 is 0. The van der Waals surface area contributed by atoms with Crippen LogP contribution < -0.4 is 10.6 Å². The molecule has 0 fully saturated rings. The molecule has 0 aliphatic heterocycles. The van der Waals surface area contributed by atoms with Gasteiger partial charge >= 0.3 is 0 Å². The highest BCUT2D eigenvalue weighted by Crippen LogP contribution is 2.06. The smallest absolute Gasteiger partial charge is 0.222 e. The molecule has 0 saturated heterocycles. The van der Waals surface area contributed by atoms with E-state index in [-0.39, 0.29) is 44.0 Å². The molecule has 0 aliphatic rings. The molecular formula is C17H32N2O5. The Morgan fingerprint density at radius 1 is 1.00 bits per heavy atom. The van der Waals surface area contributed by atoms with Gasteiger partial charge in [0, 0.05) is 25.9 Å². The zero-order valence-electron chi connectivity index (χ0n) is 14.8. The summed E-state index contributed by atoms with van der Waals surface area (Å²) in [6, 6.07) is 0. The van der Waals surface area contributed by atoms with Gasteiger partial charge in [-0.15, -0.1) is 0 Å². The molecule has 140 valence electrons. The number of rotatable bonds is 14. The van der Waals surface area contributed by atoms with Crippen molar-refractivity contribution in [2.24, 2.45) is 5.92 Å². The lowest BCUT2D eigenvalue weighted by Gasteiger charge is -2.16. The minimum absolute atomic E-state index is 0.0373. The third kappa shape index (κ3) is 14.1. The van der Waals surface area contributed by atoms with Crippen molar-refractivity contribution in [3.05, 3.63) is 0 Å². The summed E-state index contributed by atoms with van der Waals surface area (Å²) in [5.74, 6) is 0.137. The van der Waals surface area contributed by atoms with E-state index < -0.39 is 12.2 Å². The summed E-state index contributed by atoms with van der Waals surface area (Å²) >= 11 is 0. The van der Waals surface area contributed by atoms with Crippen LogP contribution >= 0.6 is 0 Å². The van der Waals surface area contributed by atoms with Crippen molar-refractivity contribution in [1.29, 1.82) is 0 Å². The van der Waals surface area contributed by atoms with Crippen LogP contribution in [0.3, 0.4) is 0 Å². The normalized spacial score (nSPS) is 13.4. The van der Waals surface area contributed by atoms with Gasteiger partial charge in [0.25, 0.3) is 0 Å². The van der Waals surface area contributed by atoms with Crippen LogP contribution in [-0.4, -0.2) is 53.6 Å². The highest BCUT2D eigenvalue weighted by Gasteiger charge is 2.15. The van der Waals surface area contributed by atoms with Crippen LogP contribution in [0.4, 0.5) is 0 Å². The molecule has 0 aromatic heterocycles. The fourth-order valence-electron chi connectivity index (χ4n) is 2.20. The molecule has 0 aliphatic carbocycles. The van der Waals surface area contributed by atoms with E-state index in [1.54, 1.807) is 0 Å². The summed E-state index contributed by atoms with van der Waals surface area (Å²) in [6.45, 7) is 5.11. The Morgan fingerprint density at radius 2 is 1.67 bits per heavy atom. The van der Waals surface area contributed by atoms with Gasteiger partial charge in [-0.1, -0.05) is 13.8 Å². The Hall–Kier alpha value is -1.47. The highest BCUT2D eigenvalue weighted by molar-refractivity contribution is 5.78. The minimum atomic E-state index is -0.907. The molecule has 2 atom stereocenters. The van der Waals surface area contributed by atoms with Crippen LogP contribution in [0.25, 0.3) is 0 Å². The maximum Gasteiger partial charge on any atom is 0.222 e. The zero-order valence-corrected chi connectivity index (χ0v) is 14.8. The summed E-state index contributed by atoms with van der Waals surface area (Å²) in [5, 5.41) is 25.0. The number of aliphatic hydroxyl groups is 2. The van der Waals surface area contributed by atoms with E-state index in [0.29, 0.717) is 25.2 Å². The van der Waals surface area contributed by atoms with Crippen molar-refractivity contribution >= 4 is 18.1 Å². The zero-order chi connectivity index (χ0) is 18.4. The van der Waals surface area contributed by atoms with Gasteiger partial charge in [-0.05, 0) is 31.6 Å². The number of carbonyl (C=O) groups excluding carboxylic acids is 3. The number of nitrogens with one attached hydrogen (secondary N) is 2. The van der Waals surface area contributed by atoms with Gasteiger partial charge < -0.3 is 25.6 Å². The second-order valence-corrected chi connectivity index (χ2v) is 6.48. The second kappa shape index (κ2) is 13.9. The monoisotopic (exact) mass is 344 g/mol. The summed E-state index contributed by atoms with van der Waals surface area (Å²) in [7, 11) is 0. The molecule has 0 heterocycles. The van der Waals surface area contributed by atoms with Crippen molar-refractivity contribution in [3.8, 4) is 0 Å². The summed E-state index contributed by atoms with van der Waals surface area (Å²) in [5.41, 5.74) is 0. The number of aldehydes is 1. The SMILES string of the molecule is CC(C)CCCNC(=O)CC(O)CC(O)CCNC(=O)CCC=O. The molecule has 2 amide bonds. The van der Waals surface area contributed by atoms with E-state index in [9.17, 15) is 24.6 Å². The van der Waals surface area contributed by atoms with Crippen molar-refractivity contribution < 1.29 is 24.6 Å². The van der Waals surface area contributed by atoms with Gasteiger partial charge in [0.15, 0.2) is 0 Å². The lowest BCUT2D eigenvalue weighted by atomic mass is 10.1. The van der Waals surface area contributed by atoms with E-state index >= 15 is 0 Å². The first kappa shape index (κ1) is 22.5. The molecule has 4 N–H and O–H groups in total. The van der Waals surface area contributed by atoms with E-state index in [1.165, 1.54) is 0 Å². The predicted octanol–water partition coefficient (Wildman–Crippen LogP) is 0.526. The first-order chi connectivity index (χ1) is 11.3. The van der Waals surface area contributed by atoms with Gasteiger partial charge in [-0.3, -0.25) is 9.59 Å². The molecule has 0 rings (SSSR count). The second-order valence-electron chi connectivity index (χ2n) is 6.48. The van der Waals surface area contributed by atoms with Gasteiger partial charge in [-0.2, -0.15) is 0 Å². The minimum Gasteiger partial charge on any atom is -0.393 e. The molecule has 0 bridgehead atoms. The summed E-state index contributed by atoms with van der Waals surface area (Å²) in [4.78, 5) is 33.0. The van der Waals surface area contributed by atoms with E-state index in [4.69, 9.17) is 0 Å². The molecule has 7 nitrogen and oxygen atoms in total. The first-order valence-electron chi connectivity index (χ1n) is 8.68. The molecule has 0 aromatic carbocycles. The number of aliphatic hydroxyl groups excluding tert-OH is 2. The maximum atomic E-state index is 11.6. The van der Waals surface area contributed by atoms with Crippen LogP contribution in [0, 0.1) is 5.92 Å². The Bertz CT molecular complexity index is 374. The van der Waals surface area contributed by atoms with E-state index in [1.807, 2.05) is 0 Å². The van der Waals surface area contributed by atoms with Crippen molar-refractivity contribution in [2.45, 2.75) is 71.0 Å². The first-order valence-corrected chi connectivity index (χ1v) is 8.68. The molecular weight excluding hydrogens is 312 g/mol. The maximum absolute atomic E-state index is 11.6. The average Bonchev–Trinajstić information content (AvgIpc) is 2.49. The number of hydrogen-bond donors (Lipinski definition) is 4. The number of amides is 2. The fraction of sp³-hybridized carbons (Fsp3) is 0.824. The largest absolute Gasteiger partial charge is 0.393 e. The van der Waals surface area contributed by atoms with Crippen LogP contribution in [-0.2, 0) is 14.4 Å². The van der Waals surface area contributed by atoms with Crippen LogP contribution in [0.15, 0.2) is 0 Å². The number of hydrogen-bond acceptors (Lipinski definition) is 5. The van der Waals surface area contributed by atoms with Crippen molar-refractivity contribution in [3.63, 3.8) is 0 Å². The Morgan fingerprint density at radius 3 is 2.29 bits per heavy atom. The number of carbonyl (C=O) groups is 3. The van der Waals surface area contributed by atoms with Gasteiger partial charge in [0.05, 0.1) is 18.6 Å². The highest BCUT2D eigenvalue weighted by atomic mass is 16.3. The van der Waals surface area contributed by atoms with Crippen molar-refractivity contribution in [1.82, 2.24) is 10.6 Å². The lowest BCUT2D eigenvalue weighted by Crippen LogP contribution is -2.31. The topological polar surface area (TPSA) is 116 Å². The van der Waals surface area contributed by atoms with Crippen LogP contribution in [0.5, 0.6) is 0 Å². The molecule has 0 spiro atoms. The van der Waals surface area contributed by atoms with Gasteiger partial charge in [0.1, 0.15) is 6.29 Å². The van der Waals surface area contributed by atoms with Crippen LogP contribution in [0.2, 0.25) is 0 Å². The Kier molecular flexibility index (Phi) is 13.1. The lowest BCUT2D eigenvalue weighted by molar-refractivity contribution is -0.123. The van der Waals surface area contributed by atoms with Crippen LogP contribution in [0.1, 0.15) is 58.8 Å². The Labute approximate surface area is 144 Å². The molecule has 7 heteroatoms. The van der Waals surface area contributed by atoms with E-state index in [2.05, 4.69) is 24.5 Å². The standard InChI is InChI=1S/C17H32N2O5/c1-13(2)5-3-8-18-17(24)12-15(22)11-14(21)7-9-19-16(23)6-4-10-20/h10,13-15,21-22H,3-9,11-12H2,1-2H3,(H,18,24)(H,19,23). The summed E-state index contributed by atoms with van der Waals surface area (Å²) in [6.07, 6.45) is 1.59. The third-order valence-corrected chi connectivity index (χ3v) is 3.53. The molecule has 24 heavy (non-hydrogen) atoms. The Balaban J connectivity index is 3.73. The molecule has 0 aromatic rings. The third-order valence-electron chi connectivity index (χ3n) is 3.53. The quantitative estimate of drug-likeness (QED) is 0.271. The van der Waals surface area contributed by atoms with E-state index in [0.717, 1.165) is 12.8 Å². The predicted molar refractivity (Wildman–Crippen MR) is 91.3 cm³/mol. The van der Waals surface area contributed by atoms with Gasteiger partial charge in [-0.25, -0.2) is 0 Å². The van der Waals surface area contributed by atoms with Crippen molar-refractivity contribution in [2.75, 3.05) is 13.1 Å². The molecule has 2 unspecified atom stereocenters. The van der Waals surface area contributed by atoms with Gasteiger partial charge in [0.2, 0.25) is 11.8 Å². The molecule has 0 radical (unpaired) electrons.